The zero-order valence-electron chi connectivity index (χ0n) is 11.4. The second kappa shape index (κ2) is 6.41. The van der Waals surface area contributed by atoms with E-state index in [1.165, 1.54) is 12.8 Å². The molecule has 0 heterocycles. The Morgan fingerprint density at radius 2 is 2.05 bits per heavy atom. The molecule has 2 rings (SSSR count). The lowest BCUT2D eigenvalue weighted by Crippen LogP contribution is -2.36. The third kappa shape index (κ3) is 4.43. The maximum Gasteiger partial charge on any atom is 0.244 e. The average molecular weight is 258 g/mol. The zero-order chi connectivity index (χ0) is 13.7. The number of carbonyl (C=O) groups excluding carboxylic acids is 1. The van der Waals surface area contributed by atoms with Gasteiger partial charge in [0.15, 0.2) is 0 Å². The van der Waals surface area contributed by atoms with Crippen LogP contribution in [0.2, 0.25) is 0 Å². The molecule has 1 amide bonds. The molecule has 0 saturated heterocycles. The van der Waals surface area contributed by atoms with Gasteiger partial charge in [0.1, 0.15) is 0 Å². The van der Waals surface area contributed by atoms with Crippen molar-refractivity contribution in [1.82, 2.24) is 5.32 Å². The molecule has 0 aliphatic heterocycles. The molecule has 0 bridgehead atoms. The highest BCUT2D eigenvalue weighted by molar-refractivity contribution is 5.92. The summed E-state index contributed by atoms with van der Waals surface area (Å²) < 4.78 is 0. The summed E-state index contributed by atoms with van der Waals surface area (Å²) in [4.78, 5) is 11.8. The van der Waals surface area contributed by atoms with E-state index in [1.807, 2.05) is 24.3 Å². The number of rotatable bonds is 3. The molecule has 1 aliphatic rings. The first kappa shape index (κ1) is 13.7. The Bertz CT molecular complexity index is 460. The van der Waals surface area contributed by atoms with Gasteiger partial charge in [0.05, 0.1) is 0 Å². The Hall–Kier alpha value is -1.77. The highest BCUT2D eigenvalue weighted by Crippen LogP contribution is 2.23. The number of amides is 1. The van der Waals surface area contributed by atoms with E-state index in [-0.39, 0.29) is 5.91 Å². The quantitative estimate of drug-likeness (QED) is 0.647. The monoisotopic (exact) mass is 258 g/mol. The number of carbonyl (C=O) groups is 1. The minimum absolute atomic E-state index is 0.0121. The Kier molecular flexibility index (Phi) is 4.61. The van der Waals surface area contributed by atoms with E-state index in [1.54, 1.807) is 12.2 Å². The fraction of sp³-hybridized carbons (Fsp3) is 0.438. The zero-order valence-corrected chi connectivity index (χ0v) is 11.4. The number of nitrogens with two attached hydrogens (primary N) is 1. The van der Waals surface area contributed by atoms with Crippen molar-refractivity contribution >= 4 is 17.7 Å². The standard InChI is InChI=1S/C16H22N2O/c1-12-5-8-15(9-6-12)18-16(19)10-7-13-3-2-4-14(17)11-13/h2-4,7,10-12,15H,5-6,8-9,17H2,1H3,(H,18,19)/b10-7+. The summed E-state index contributed by atoms with van der Waals surface area (Å²) in [7, 11) is 0. The summed E-state index contributed by atoms with van der Waals surface area (Å²) >= 11 is 0. The SMILES string of the molecule is CC1CCC(NC(=O)/C=C/c2cccc(N)c2)CC1. The predicted octanol–water partition coefficient (Wildman–Crippen LogP) is 2.98. The molecule has 19 heavy (non-hydrogen) atoms. The van der Waals surface area contributed by atoms with Gasteiger partial charge in [-0.15, -0.1) is 0 Å². The molecule has 1 saturated carbocycles. The maximum absolute atomic E-state index is 11.8. The van der Waals surface area contributed by atoms with Gasteiger partial charge in [-0.2, -0.15) is 0 Å². The molecule has 0 radical (unpaired) electrons. The van der Waals surface area contributed by atoms with Crippen LogP contribution in [0, 0.1) is 5.92 Å². The van der Waals surface area contributed by atoms with E-state index < -0.39 is 0 Å². The summed E-state index contributed by atoms with van der Waals surface area (Å²) in [5.41, 5.74) is 7.36. The van der Waals surface area contributed by atoms with Crippen LogP contribution in [0.25, 0.3) is 6.08 Å². The topological polar surface area (TPSA) is 55.1 Å². The van der Waals surface area contributed by atoms with Gasteiger partial charge in [0, 0.05) is 17.8 Å². The molecule has 1 aromatic rings. The number of benzene rings is 1. The van der Waals surface area contributed by atoms with E-state index in [2.05, 4.69) is 12.2 Å². The van der Waals surface area contributed by atoms with Crippen LogP contribution in [0.3, 0.4) is 0 Å². The third-order valence-electron chi connectivity index (χ3n) is 3.70. The fourth-order valence-corrected chi connectivity index (χ4v) is 2.49. The number of nitrogen functional groups attached to an aromatic ring is 1. The van der Waals surface area contributed by atoms with Gasteiger partial charge in [-0.1, -0.05) is 19.1 Å². The van der Waals surface area contributed by atoms with Crippen molar-refractivity contribution in [3.05, 3.63) is 35.9 Å². The van der Waals surface area contributed by atoms with E-state index in [9.17, 15) is 4.79 Å². The molecule has 1 fully saturated rings. The Labute approximate surface area is 114 Å². The first-order valence-electron chi connectivity index (χ1n) is 6.97. The van der Waals surface area contributed by atoms with Crippen LogP contribution in [0.4, 0.5) is 5.69 Å². The fourth-order valence-electron chi connectivity index (χ4n) is 2.49. The van der Waals surface area contributed by atoms with Gasteiger partial charge in [0.2, 0.25) is 5.91 Å². The van der Waals surface area contributed by atoms with Crippen molar-refractivity contribution in [2.75, 3.05) is 5.73 Å². The van der Waals surface area contributed by atoms with E-state index >= 15 is 0 Å². The van der Waals surface area contributed by atoms with Crippen molar-refractivity contribution in [3.8, 4) is 0 Å². The normalized spacial score (nSPS) is 23.4. The van der Waals surface area contributed by atoms with Crippen LogP contribution in [-0.2, 0) is 4.79 Å². The van der Waals surface area contributed by atoms with Crippen molar-refractivity contribution in [3.63, 3.8) is 0 Å². The van der Waals surface area contributed by atoms with Crippen LogP contribution in [0.1, 0.15) is 38.2 Å². The third-order valence-corrected chi connectivity index (χ3v) is 3.70. The van der Waals surface area contributed by atoms with Crippen LogP contribution < -0.4 is 11.1 Å². The van der Waals surface area contributed by atoms with Gasteiger partial charge in [0.25, 0.3) is 0 Å². The van der Waals surface area contributed by atoms with Gasteiger partial charge >= 0.3 is 0 Å². The molecule has 3 N–H and O–H groups in total. The number of nitrogens with one attached hydrogen (secondary N) is 1. The smallest absolute Gasteiger partial charge is 0.244 e. The first-order chi connectivity index (χ1) is 9.13. The van der Waals surface area contributed by atoms with Crippen molar-refractivity contribution in [2.45, 2.75) is 38.6 Å². The second-order valence-corrected chi connectivity index (χ2v) is 5.47. The summed E-state index contributed by atoms with van der Waals surface area (Å²) in [6.45, 7) is 2.28. The molecular weight excluding hydrogens is 236 g/mol. The lowest BCUT2D eigenvalue weighted by atomic mass is 9.87. The minimum atomic E-state index is -0.0121. The van der Waals surface area contributed by atoms with Crippen molar-refractivity contribution in [2.24, 2.45) is 5.92 Å². The largest absolute Gasteiger partial charge is 0.399 e. The van der Waals surface area contributed by atoms with Crippen molar-refractivity contribution in [1.29, 1.82) is 0 Å². The summed E-state index contributed by atoms with van der Waals surface area (Å²) in [5.74, 6) is 0.790. The summed E-state index contributed by atoms with van der Waals surface area (Å²) in [6, 6.07) is 7.85. The molecule has 0 spiro atoms. The molecule has 0 atom stereocenters. The minimum Gasteiger partial charge on any atom is -0.399 e. The lowest BCUT2D eigenvalue weighted by molar-refractivity contribution is -0.117. The predicted molar refractivity (Wildman–Crippen MR) is 79.5 cm³/mol. The summed E-state index contributed by atoms with van der Waals surface area (Å²) in [6.07, 6.45) is 8.01. The highest BCUT2D eigenvalue weighted by Gasteiger charge is 2.18. The Balaban J connectivity index is 1.84. The molecule has 0 unspecified atom stereocenters. The Morgan fingerprint density at radius 1 is 1.32 bits per heavy atom. The molecule has 102 valence electrons. The molecular formula is C16H22N2O. The van der Waals surface area contributed by atoms with Crippen molar-refractivity contribution < 1.29 is 4.79 Å². The van der Waals surface area contributed by atoms with Gasteiger partial charge < -0.3 is 11.1 Å². The van der Waals surface area contributed by atoms with E-state index in [0.717, 1.165) is 24.3 Å². The average Bonchev–Trinajstić information content (AvgIpc) is 2.39. The lowest BCUT2D eigenvalue weighted by Gasteiger charge is -2.26. The molecule has 1 aliphatic carbocycles. The number of hydrogen-bond donors (Lipinski definition) is 2. The van der Waals surface area contributed by atoms with Gasteiger partial charge in [-0.25, -0.2) is 0 Å². The highest BCUT2D eigenvalue weighted by atomic mass is 16.1. The van der Waals surface area contributed by atoms with Crippen LogP contribution in [0.15, 0.2) is 30.3 Å². The molecule has 3 nitrogen and oxygen atoms in total. The van der Waals surface area contributed by atoms with Gasteiger partial charge in [-0.3, -0.25) is 4.79 Å². The van der Waals surface area contributed by atoms with E-state index in [4.69, 9.17) is 5.73 Å². The number of anilines is 1. The molecule has 1 aromatic carbocycles. The molecule has 3 heteroatoms. The van der Waals surface area contributed by atoms with Gasteiger partial charge in [-0.05, 0) is 55.4 Å². The molecule has 0 aromatic heterocycles. The number of hydrogen-bond acceptors (Lipinski definition) is 2. The van der Waals surface area contributed by atoms with Crippen LogP contribution in [0.5, 0.6) is 0 Å². The maximum atomic E-state index is 11.8. The second-order valence-electron chi connectivity index (χ2n) is 5.47. The van der Waals surface area contributed by atoms with Crippen LogP contribution in [-0.4, -0.2) is 11.9 Å². The first-order valence-corrected chi connectivity index (χ1v) is 6.97. The summed E-state index contributed by atoms with van der Waals surface area (Å²) in [5, 5.41) is 3.07. The van der Waals surface area contributed by atoms with Crippen LogP contribution >= 0.6 is 0 Å². The van der Waals surface area contributed by atoms with E-state index in [0.29, 0.717) is 11.7 Å². The Morgan fingerprint density at radius 3 is 2.74 bits per heavy atom.